The molecule has 0 saturated heterocycles. The van der Waals surface area contributed by atoms with E-state index < -0.39 is 0 Å². The molecule has 0 amide bonds. The molecule has 1 atom stereocenters. The molecule has 0 bridgehead atoms. The van der Waals surface area contributed by atoms with Crippen LogP contribution in [0.4, 0.5) is 11.4 Å². The fourth-order valence-corrected chi connectivity index (χ4v) is 5.51. The Hall–Kier alpha value is -1.78. The minimum absolute atomic E-state index is 0. The van der Waals surface area contributed by atoms with Gasteiger partial charge in [-0.2, -0.15) is 0 Å². The van der Waals surface area contributed by atoms with Crippen LogP contribution in [0, 0.1) is 0 Å². The van der Waals surface area contributed by atoms with Crippen molar-refractivity contribution in [2.24, 2.45) is 0 Å². The Morgan fingerprint density at radius 2 is 1.33 bits per heavy atom. The molecule has 2 aromatic carbocycles. The third-order valence-corrected chi connectivity index (χ3v) is 6.33. The van der Waals surface area contributed by atoms with Gasteiger partial charge in [0.2, 0.25) is 0 Å². The van der Waals surface area contributed by atoms with E-state index in [4.69, 9.17) is 11.5 Å². The van der Waals surface area contributed by atoms with Crippen molar-refractivity contribution < 1.29 is 10.2 Å². The van der Waals surface area contributed by atoms with Crippen molar-refractivity contribution >= 4 is 36.2 Å². The molecule has 0 fully saturated rings. The van der Waals surface area contributed by atoms with Crippen molar-refractivity contribution in [3.63, 3.8) is 0 Å². The van der Waals surface area contributed by atoms with Gasteiger partial charge >= 0.3 is 0 Å². The van der Waals surface area contributed by atoms with Gasteiger partial charge in [-0.3, -0.25) is 0 Å². The van der Waals surface area contributed by atoms with E-state index in [1.807, 2.05) is 18.2 Å². The van der Waals surface area contributed by atoms with E-state index in [1.165, 1.54) is 5.56 Å². The van der Waals surface area contributed by atoms with Crippen LogP contribution in [-0.4, -0.2) is 10.2 Å². The van der Waals surface area contributed by atoms with E-state index in [1.54, 1.807) is 6.07 Å². The van der Waals surface area contributed by atoms with E-state index in [9.17, 15) is 10.2 Å². The number of anilines is 2. The predicted molar refractivity (Wildman–Crippen MR) is 116 cm³/mol. The fourth-order valence-electron chi connectivity index (χ4n) is 5.51. The molecule has 148 valence electrons. The van der Waals surface area contributed by atoms with Gasteiger partial charge in [-0.15, -0.1) is 24.8 Å². The van der Waals surface area contributed by atoms with E-state index in [0.29, 0.717) is 11.4 Å². The third kappa shape index (κ3) is 2.65. The summed E-state index contributed by atoms with van der Waals surface area (Å²) >= 11 is 0. The lowest BCUT2D eigenvalue weighted by molar-refractivity contribution is 0.349. The molecule has 6 heteroatoms. The second-order valence-corrected chi connectivity index (χ2v) is 9.08. The van der Waals surface area contributed by atoms with Crippen molar-refractivity contribution in [1.29, 1.82) is 0 Å². The number of benzene rings is 2. The zero-order valence-corrected chi connectivity index (χ0v) is 17.7. The van der Waals surface area contributed by atoms with Gasteiger partial charge in [-0.05, 0) is 64.1 Å². The van der Waals surface area contributed by atoms with E-state index in [-0.39, 0.29) is 52.6 Å². The lowest BCUT2D eigenvalue weighted by Crippen LogP contribution is -2.27. The van der Waals surface area contributed by atoms with E-state index >= 15 is 0 Å². The highest BCUT2D eigenvalue weighted by Crippen LogP contribution is 2.65. The first-order valence-corrected chi connectivity index (χ1v) is 8.75. The molecule has 2 aliphatic carbocycles. The highest BCUT2D eigenvalue weighted by Gasteiger charge is 2.57. The monoisotopic (exact) mass is 410 g/mol. The first-order valence-electron chi connectivity index (χ1n) is 8.75. The first-order chi connectivity index (χ1) is 11.5. The normalized spacial score (nSPS) is 23.3. The first kappa shape index (κ1) is 21.5. The highest BCUT2D eigenvalue weighted by molar-refractivity contribution is 5.85. The van der Waals surface area contributed by atoms with Crippen LogP contribution in [0.5, 0.6) is 11.5 Å². The molecule has 4 rings (SSSR count). The van der Waals surface area contributed by atoms with Crippen molar-refractivity contribution in [3.05, 3.63) is 46.5 Å². The Labute approximate surface area is 172 Å². The average Bonchev–Trinajstić information content (AvgIpc) is 2.84. The number of nitrogen functional groups attached to an aromatic ring is 2. The minimum atomic E-state index is -0.314. The summed E-state index contributed by atoms with van der Waals surface area (Å²) in [6.07, 6.45) is 1.77. The smallest absolute Gasteiger partial charge is 0.138 e. The van der Waals surface area contributed by atoms with Gasteiger partial charge < -0.3 is 21.7 Å². The molecule has 27 heavy (non-hydrogen) atoms. The zero-order valence-electron chi connectivity index (χ0n) is 16.1. The maximum atomic E-state index is 10.3. The molecule has 0 radical (unpaired) electrons. The Morgan fingerprint density at radius 1 is 0.778 bits per heavy atom. The van der Waals surface area contributed by atoms with Crippen LogP contribution in [-0.2, 0) is 16.2 Å². The molecule has 0 heterocycles. The number of hydrogen-bond donors (Lipinski definition) is 4. The lowest BCUT2D eigenvalue weighted by atomic mass is 9.72. The van der Waals surface area contributed by atoms with Crippen molar-refractivity contribution in [3.8, 4) is 11.5 Å². The summed E-state index contributed by atoms with van der Waals surface area (Å²) in [5, 5.41) is 20.6. The van der Waals surface area contributed by atoms with Gasteiger partial charge in [0.25, 0.3) is 0 Å². The van der Waals surface area contributed by atoms with Crippen LogP contribution in [0.3, 0.4) is 0 Å². The molecule has 0 aromatic heterocycles. The number of fused-ring (bicyclic) bond motifs is 4. The summed E-state index contributed by atoms with van der Waals surface area (Å²) < 4.78 is 0. The summed E-state index contributed by atoms with van der Waals surface area (Å²) in [4.78, 5) is 0. The molecular formula is C21H28Cl2N2O2. The number of phenolic OH excluding ortho intramolecular Hbond substituents is 2. The number of aromatic hydroxyl groups is 2. The second-order valence-electron chi connectivity index (χ2n) is 9.08. The van der Waals surface area contributed by atoms with Crippen molar-refractivity contribution in [2.45, 2.75) is 56.8 Å². The summed E-state index contributed by atoms with van der Waals surface area (Å²) in [6.45, 7) is 8.86. The molecular weight excluding hydrogens is 383 g/mol. The SMILES string of the molecule is CC1(C)CC2(CC(C)(C)c3ccc(O)c(N)c32)c2cc(O)c(N)cc21.Cl.Cl. The standard InChI is InChI=1S/C21H26N2O2.2ClH/c1-19(2)9-21(17-11(19)5-6-15(24)18(17)23)10-20(3,4)12-7-14(22)16(25)8-13(12)21;;/h5-8,24-25H,9-10,22-23H2,1-4H3;2*1H. The van der Waals surface area contributed by atoms with E-state index in [2.05, 4.69) is 27.7 Å². The molecule has 2 aromatic rings. The van der Waals surface area contributed by atoms with Gasteiger partial charge in [0.05, 0.1) is 11.4 Å². The highest BCUT2D eigenvalue weighted by atomic mass is 35.5. The van der Waals surface area contributed by atoms with Gasteiger partial charge in [0.15, 0.2) is 0 Å². The molecule has 0 aliphatic heterocycles. The Bertz CT molecular complexity index is 925. The van der Waals surface area contributed by atoms with E-state index in [0.717, 1.165) is 29.5 Å². The largest absolute Gasteiger partial charge is 0.506 e. The van der Waals surface area contributed by atoms with Crippen LogP contribution in [0.15, 0.2) is 24.3 Å². The Balaban J connectivity index is 0.00000131. The zero-order chi connectivity index (χ0) is 18.4. The maximum absolute atomic E-state index is 10.3. The summed E-state index contributed by atoms with van der Waals surface area (Å²) in [5.74, 6) is 0.238. The van der Waals surface area contributed by atoms with Gasteiger partial charge in [-0.1, -0.05) is 33.8 Å². The fraction of sp³-hybridized carbons (Fsp3) is 0.429. The molecule has 1 spiro atoms. The van der Waals surface area contributed by atoms with Crippen LogP contribution in [0.1, 0.15) is 62.8 Å². The summed E-state index contributed by atoms with van der Waals surface area (Å²) in [7, 11) is 0. The topological polar surface area (TPSA) is 92.5 Å². The van der Waals surface area contributed by atoms with Crippen LogP contribution >= 0.6 is 24.8 Å². The number of nitrogens with two attached hydrogens (primary N) is 2. The Morgan fingerprint density at radius 3 is 1.93 bits per heavy atom. The number of phenols is 2. The number of hydrogen-bond acceptors (Lipinski definition) is 4. The van der Waals surface area contributed by atoms with Crippen molar-refractivity contribution in [2.75, 3.05) is 11.5 Å². The van der Waals surface area contributed by atoms with Gasteiger partial charge in [0, 0.05) is 5.41 Å². The molecule has 1 unspecified atom stereocenters. The molecule has 4 nitrogen and oxygen atoms in total. The van der Waals surface area contributed by atoms with Crippen molar-refractivity contribution in [1.82, 2.24) is 0 Å². The summed E-state index contributed by atoms with van der Waals surface area (Å²) in [5.41, 5.74) is 17.2. The van der Waals surface area contributed by atoms with Crippen LogP contribution in [0.2, 0.25) is 0 Å². The van der Waals surface area contributed by atoms with Gasteiger partial charge in [-0.25, -0.2) is 0 Å². The molecule has 2 aliphatic rings. The molecule has 6 N–H and O–H groups in total. The summed E-state index contributed by atoms with van der Waals surface area (Å²) in [6, 6.07) is 7.41. The average molecular weight is 411 g/mol. The number of rotatable bonds is 0. The quantitative estimate of drug-likeness (QED) is 0.372. The maximum Gasteiger partial charge on any atom is 0.138 e. The van der Waals surface area contributed by atoms with Crippen LogP contribution < -0.4 is 11.5 Å². The van der Waals surface area contributed by atoms with Crippen LogP contribution in [0.25, 0.3) is 0 Å². The second kappa shape index (κ2) is 6.11. The predicted octanol–water partition coefficient (Wildman–Crippen LogP) is 4.75. The number of halogens is 2. The third-order valence-electron chi connectivity index (χ3n) is 6.33. The molecule has 0 saturated carbocycles. The lowest BCUT2D eigenvalue weighted by Gasteiger charge is -2.31. The Kier molecular flexibility index (Phi) is 4.87. The van der Waals surface area contributed by atoms with Gasteiger partial charge in [0.1, 0.15) is 11.5 Å². The minimum Gasteiger partial charge on any atom is -0.506 e.